The van der Waals surface area contributed by atoms with E-state index in [1.807, 2.05) is 0 Å². The molecule has 0 radical (unpaired) electrons. The van der Waals surface area contributed by atoms with Crippen molar-refractivity contribution in [2.45, 2.75) is 6.23 Å². The highest BCUT2D eigenvalue weighted by Gasteiger charge is 2.35. The molecule has 0 spiro atoms. The Balaban J connectivity index is 1.76. The number of fused-ring (bicyclic) bond motifs is 1. The summed E-state index contributed by atoms with van der Waals surface area (Å²) in [6, 6.07) is 12.1. The summed E-state index contributed by atoms with van der Waals surface area (Å²) in [6.45, 7) is -0.0467. The zero-order valence-corrected chi connectivity index (χ0v) is 13.1. The van der Waals surface area contributed by atoms with Gasteiger partial charge in [-0.3, -0.25) is 9.69 Å². The minimum Gasteiger partial charge on any atom is -0.472 e. The molecule has 0 saturated heterocycles. The number of aliphatic hydroxyl groups is 1. The molecule has 4 nitrogen and oxygen atoms in total. The summed E-state index contributed by atoms with van der Waals surface area (Å²) in [5, 5.41) is 10.8. The predicted octanol–water partition coefficient (Wildman–Crippen LogP) is 3.59. The van der Waals surface area contributed by atoms with Gasteiger partial charge in [0.25, 0.3) is 5.91 Å². The van der Waals surface area contributed by atoms with Crippen LogP contribution in [0.5, 0.6) is 5.75 Å². The molecule has 1 atom stereocenters. The number of amides is 1. The van der Waals surface area contributed by atoms with Crippen molar-refractivity contribution in [3.63, 3.8) is 0 Å². The van der Waals surface area contributed by atoms with Crippen molar-refractivity contribution in [1.29, 1.82) is 0 Å². The van der Waals surface area contributed by atoms with E-state index < -0.39 is 6.23 Å². The first-order chi connectivity index (χ1) is 10.1. The zero-order chi connectivity index (χ0) is 15.0. The second-order valence-corrected chi connectivity index (χ2v) is 5.87. The first-order valence-corrected chi connectivity index (χ1v) is 7.41. The van der Waals surface area contributed by atoms with E-state index in [0.29, 0.717) is 26.4 Å². The van der Waals surface area contributed by atoms with Crippen LogP contribution in [-0.4, -0.2) is 22.6 Å². The standard InChI is InChI=1S/C15H11BrClNO3/c16-12-7-9(17)5-6-13(12)21-8-18-14(19)10-3-1-2-4-11(10)15(18)20/h1-7,14,19H,8H2. The summed E-state index contributed by atoms with van der Waals surface area (Å²) in [7, 11) is 0. The molecule has 2 aromatic carbocycles. The molecule has 6 heteroatoms. The fourth-order valence-corrected chi connectivity index (χ4v) is 3.01. The van der Waals surface area contributed by atoms with Gasteiger partial charge in [-0.1, -0.05) is 29.8 Å². The predicted molar refractivity (Wildman–Crippen MR) is 82.2 cm³/mol. The summed E-state index contributed by atoms with van der Waals surface area (Å²) in [5.41, 5.74) is 1.10. The van der Waals surface area contributed by atoms with Crippen LogP contribution in [0.2, 0.25) is 5.02 Å². The van der Waals surface area contributed by atoms with Crippen LogP contribution in [0.15, 0.2) is 46.9 Å². The maximum Gasteiger partial charge on any atom is 0.259 e. The lowest BCUT2D eigenvalue weighted by molar-refractivity contribution is -0.0142. The van der Waals surface area contributed by atoms with Gasteiger partial charge in [-0.05, 0) is 40.2 Å². The van der Waals surface area contributed by atoms with E-state index in [0.717, 1.165) is 0 Å². The van der Waals surface area contributed by atoms with E-state index in [4.69, 9.17) is 16.3 Å². The van der Waals surface area contributed by atoms with E-state index in [-0.39, 0.29) is 12.6 Å². The van der Waals surface area contributed by atoms with E-state index in [9.17, 15) is 9.90 Å². The van der Waals surface area contributed by atoms with E-state index in [1.54, 1.807) is 42.5 Å². The highest BCUT2D eigenvalue weighted by molar-refractivity contribution is 9.10. The van der Waals surface area contributed by atoms with E-state index >= 15 is 0 Å². The molecule has 108 valence electrons. The maximum absolute atomic E-state index is 12.2. The van der Waals surface area contributed by atoms with Gasteiger partial charge >= 0.3 is 0 Å². The Morgan fingerprint density at radius 1 is 1.29 bits per heavy atom. The fourth-order valence-electron chi connectivity index (χ4n) is 2.21. The van der Waals surface area contributed by atoms with Crippen LogP contribution in [0.1, 0.15) is 22.1 Å². The van der Waals surface area contributed by atoms with Crippen LogP contribution in [0.25, 0.3) is 0 Å². The summed E-state index contributed by atoms with van der Waals surface area (Å²) in [4.78, 5) is 13.5. The number of carbonyl (C=O) groups excluding carboxylic acids is 1. The number of carbonyl (C=O) groups is 1. The van der Waals surface area contributed by atoms with Crippen molar-refractivity contribution in [3.05, 3.63) is 63.1 Å². The molecule has 0 aromatic heterocycles. The van der Waals surface area contributed by atoms with Gasteiger partial charge in [-0.15, -0.1) is 0 Å². The molecule has 0 aliphatic carbocycles. The summed E-state index contributed by atoms with van der Waals surface area (Å²) < 4.78 is 6.28. The molecular weight excluding hydrogens is 358 g/mol. The molecule has 1 N–H and O–H groups in total. The molecular formula is C15H11BrClNO3. The molecule has 1 aliphatic rings. The van der Waals surface area contributed by atoms with Gasteiger partial charge in [0.1, 0.15) is 5.75 Å². The Bertz CT molecular complexity index is 707. The van der Waals surface area contributed by atoms with Crippen molar-refractivity contribution in [2.24, 2.45) is 0 Å². The van der Waals surface area contributed by atoms with Crippen molar-refractivity contribution in [1.82, 2.24) is 4.90 Å². The molecule has 1 amide bonds. The largest absolute Gasteiger partial charge is 0.472 e. The van der Waals surface area contributed by atoms with E-state index in [2.05, 4.69) is 15.9 Å². The monoisotopic (exact) mass is 367 g/mol. The maximum atomic E-state index is 12.2. The minimum absolute atomic E-state index is 0.0467. The Labute approximate surface area is 135 Å². The number of hydrogen-bond acceptors (Lipinski definition) is 3. The van der Waals surface area contributed by atoms with Crippen LogP contribution >= 0.6 is 27.5 Å². The Hall–Kier alpha value is -1.56. The van der Waals surface area contributed by atoms with Gasteiger partial charge in [0.15, 0.2) is 13.0 Å². The minimum atomic E-state index is -0.986. The lowest BCUT2D eigenvalue weighted by Crippen LogP contribution is -2.31. The number of rotatable bonds is 3. The van der Waals surface area contributed by atoms with Crippen LogP contribution < -0.4 is 4.74 Å². The van der Waals surface area contributed by atoms with Crippen molar-refractivity contribution in [2.75, 3.05) is 6.73 Å². The third kappa shape index (κ3) is 2.64. The average molecular weight is 369 g/mol. The third-order valence-corrected chi connectivity index (χ3v) is 4.13. The number of hydrogen-bond donors (Lipinski definition) is 1. The lowest BCUT2D eigenvalue weighted by Gasteiger charge is -2.21. The number of nitrogens with zero attached hydrogens (tertiary/aromatic N) is 1. The summed E-state index contributed by atoms with van der Waals surface area (Å²) in [5.74, 6) is 0.304. The normalized spacial score (nSPS) is 17.0. The van der Waals surface area contributed by atoms with Crippen LogP contribution in [-0.2, 0) is 0 Å². The molecule has 21 heavy (non-hydrogen) atoms. The smallest absolute Gasteiger partial charge is 0.259 e. The van der Waals surface area contributed by atoms with E-state index in [1.165, 1.54) is 4.90 Å². The molecule has 1 aliphatic heterocycles. The van der Waals surface area contributed by atoms with Gasteiger partial charge < -0.3 is 9.84 Å². The summed E-state index contributed by atoms with van der Waals surface area (Å²) in [6.07, 6.45) is -0.986. The number of ether oxygens (including phenoxy) is 1. The molecule has 3 rings (SSSR count). The van der Waals surface area contributed by atoms with Gasteiger partial charge in [0, 0.05) is 16.1 Å². The SMILES string of the molecule is O=C1c2ccccc2C(O)N1COc1ccc(Cl)cc1Br. The van der Waals surface area contributed by atoms with Crippen LogP contribution in [0.4, 0.5) is 0 Å². The Morgan fingerprint density at radius 3 is 2.76 bits per heavy atom. The quantitative estimate of drug-likeness (QED) is 0.901. The van der Waals surface area contributed by atoms with Crippen molar-refractivity contribution >= 4 is 33.4 Å². The zero-order valence-electron chi connectivity index (χ0n) is 10.8. The van der Waals surface area contributed by atoms with Crippen LogP contribution in [0, 0.1) is 0 Å². The highest BCUT2D eigenvalue weighted by atomic mass is 79.9. The molecule has 0 bridgehead atoms. The Morgan fingerprint density at radius 2 is 2.05 bits per heavy atom. The van der Waals surface area contributed by atoms with Gasteiger partial charge in [-0.2, -0.15) is 0 Å². The molecule has 0 saturated carbocycles. The second-order valence-electron chi connectivity index (χ2n) is 4.58. The Kier molecular flexibility index (Phi) is 3.89. The topological polar surface area (TPSA) is 49.8 Å². The summed E-state index contributed by atoms with van der Waals surface area (Å²) >= 11 is 9.20. The molecule has 0 fully saturated rings. The number of benzene rings is 2. The highest BCUT2D eigenvalue weighted by Crippen LogP contribution is 2.33. The molecule has 1 heterocycles. The average Bonchev–Trinajstić information content (AvgIpc) is 2.71. The number of aliphatic hydroxyl groups excluding tert-OH is 1. The van der Waals surface area contributed by atoms with Crippen molar-refractivity contribution in [3.8, 4) is 5.75 Å². The van der Waals surface area contributed by atoms with Gasteiger partial charge in [-0.25, -0.2) is 0 Å². The van der Waals surface area contributed by atoms with Crippen molar-refractivity contribution < 1.29 is 14.6 Å². The number of halogens is 2. The van der Waals surface area contributed by atoms with Gasteiger partial charge in [0.2, 0.25) is 0 Å². The molecule has 1 unspecified atom stereocenters. The molecule has 2 aromatic rings. The first kappa shape index (κ1) is 14.4. The third-order valence-electron chi connectivity index (χ3n) is 3.28. The lowest BCUT2D eigenvalue weighted by atomic mass is 10.1. The first-order valence-electron chi connectivity index (χ1n) is 6.24. The fraction of sp³-hybridized carbons (Fsp3) is 0.133. The van der Waals surface area contributed by atoms with Gasteiger partial charge in [0.05, 0.1) is 4.47 Å². The second kappa shape index (κ2) is 5.67. The van der Waals surface area contributed by atoms with Crippen LogP contribution in [0.3, 0.4) is 0 Å².